The van der Waals surface area contributed by atoms with Crippen molar-refractivity contribution < 1.29 is 9.47 Å². The van der Waals surface area contributed by atoms with Gasteiger partial charge in [-0.05, 0) is 39.4 Å². The molecule has 0 saturated carbocycles. The van der Waals surface area contributed by atoms with Crippen LogP contribution in [0.15, 0.2) is 0 Å². The van der Waals surface area contributed by atoms with Crippen molar-refractivity contribution >= 4 is 0 Å². The summed E-state index contributed by atoms with van der Waals surface area (Å²) in [6.45, 7) is 6.09. The second-order valence-electron chi connectivity index (χ2n) is 5.62. The van der Waals surface area contributed by atoms with E-state index in [4.69, 9.17) is 9.47 Å². The van der Waals surface area contributed by atoms with E-state index in [0.29, 0.717) is 11.5 Å². The summed E-state index contributed by atoms with van der Waals surface area (Å²) in [6.07, 6.45) is 3.62. The van der Waals surface area contributed by atoms with E-state index in [1.165, 1.54) is 19.3 Å². The molecule has 2 aliphatic rings. The first-order valence-corrected chi connectivity index (χ1v) is 6.73. The van der Waals surface area contributed by atoms with Crippen molar-refractivity contribution in [2.45, 2.75) is 25.3 Å². The third-order valence-electron chi connectivity index (χ3n) is 4.23. The molecule has 0 bridgehead atoms. The van der Waals surface area contributed by atoms with Gasteiger partial charge in [-0.3, -0.25) is 0 Å². The van der Waals surface area contributed by atoms with Crippen molar-refractivity contribution in [2.24, 2.45) is 5.41 Å². The molecule has 0 aliphatic carbocycles. The van der Waals surface area contributed by atoms with E-state index < -0.39 is 0 Å². The van der Waals surface area contributed by atoms with Crippen LogP contribution in [0.3, 0.4) is 0 Å². The smallest absolute Gasteiger partial charge is 0.0622 e. The summed E-state index contributed by atoms with van der Waals surface area (Å²) >= 11 is 0. The van der Waals surface area contributed by atoms with Gasteiger partial charge < -0.3 is 19.7 Å². The Morgan fingerprint density at radius 2 is 2.18 bits per heavy atom. The fourth-order valence-corrected chi connectivity index (χ4v) is 3.14. The van der Waals surface area contributed by atoms with Gasteiger partial charge >= 0.3 is 0 Å². The minimum Gasteiger partial charge on any atom is -0.384 e. The zero-order valence-corrected chi connectivity index (χ0v) is 11.2. The Labute approximate surface area is 105 Å². The van der Waals surface area contributed by atoms with Gasteiger partial charge in [0.1, 0.15) is 0 Å². The molecule has 2 aliphatic heterocycles. The maximum atomic E-state index is 5.48. The molecule has 0 aromatic rings. The highest BCUT2D eigenvalue weighted by molar-refractivity contribution is 4.89. The predicted octanol–water partition coefficient (Wildman–Crippen LogP) is 0.723. The SMILES string of the molecule is COCC1(CN(C)C2CCOC2)CCNCC1. The van der Waals surface area contributed by atoms with Crippen LogP contribution in [0, 0.1) is 5.41 Å². The average molecular weight is 242 g/mol. The maximum Gasteiger partial charge on any atom is 0.0622 e. The molecule has 0 aromatic carbocycles. The molecule has 4 heteroatoms. The number of rotatable bonds is 5. The normalized spacial score (nSPS) is 28.8. The van der Waals surface area contributed by atoms with Gasteiger partial charge in [-0.25, -0.2) is 0 Å². The van der Waals surface area contributed by atoms with Crippen molar-refractivity contribution in [1.82, 2.24) is 10.2 Å². The quantitative estimate of drug-likeness (QED) is 0.770. The minimum atomic E-state index is 0.345. The summed E-state index contributed by atoms with van der Waals surface area (Å²) in [5.41, 5.74) is 0.345. The summed E-state index contributed by atoms with van der Waals surface area (Å²) in [5, 5.41) is 3.44. The molecular weight excluding hydrogens is 216 g/mol. The van der Waals surface area contributed by atoms with Crippen molar-refractivity contribution in [2.75, 3.05) is 53.6 Å². The van der Waals surface area contributed by atoms with E-state index in [9.17, 15) is 0 Å². The van der Waals surface area contributed by atoms with E-state index in [0.717, 1.165) is 39.5 Å². The van der Waals surface area contributed by atoms with E-state index in [1.54, 1.807) is 0 Å². The first-order chi connectivity index (χ1) is 8.26. The highest BCUT2D eigenvalue weighted by Gasteiger charge is 2.35. The van der Waals surface area contributed by atoms with Crippen LogP contribution < -0.4 is 5.32 Å². The Morgan fingerprint density at radius 3 is 2.76 bits per heavy atom. The predicted molar refractivity (Wildman–Crippen MR) is 68.3 cm³/mol. The van der Waals surface area contributed by atoms with Crippen LogP contribution in [-0.2, 0) is 9.47 Å². The number of nitrogens with one attached hydrogen (secondary N) is 1. The van der Waals surface area contributed by atoms with Crippen LogP contribution in [0.25, 0.3) is 0 Å². The van der Waals surface area contributed by atoms with Gasteiger partial charge in [-0.1, -0.05) is 0 Å². The van der Waals surface area contributed by atoms with Gasteiger partial charge in [0, 0.05) is 31.7 Å². The molecule has 1 unspecified atom stereocenters. The van der Waals surface area contributed by atoms with E-state index >= 15 is 0 Å². The monoisotopic (exact) mass is 242 g/mol. The number of likely N-dealkylation sites (N-methyl/N-ethyl adjacent to an activating group) is 1. The van der Waals surface area contributed by atoms with Gasteiger partial charge in [0.25, 0.3) is 0 Å². The van der Waals surface area contributed by atoms with Crippen LogP contribution in [-0.4, -0.2) is 64.6 Å². The molecule has 2 rings (SSSR count). The fraction of sp³-hybridized carbons (Fsp3) is 1.00. The summed E-state index contributed by atoms with van der Waals surface area (Å²) in [7, 11) is 4.06. The second kappa shape index (κ2) is 6.14. The van der Waals surface area contributed by atoms with Crippen LogP contribution in [0.5, 0.6) is 0 Å². The van der Waals surface area contributed by atoms with Gasteiger partial charge in [0.15, 0.2) is 0 Å². The molecule has 0 aromatic heterocycles. The van der Waals surface area contributed by atoms with Crippen LogP contribution in [0.2, 0.25) is 0 Å². The largest absolute Gasteiger partial charge is 0.384 e. The molecule has 2 heterocycles. The van der Waals surface area contributed by atoms with Crippen molar-refractivity contribution in [3.63, 3.8) is 0 Å². The number of ether oxygens (including phenoxy) is 2. The number of methoxy groups -OCH3 is 1. The summed E-state index contributed by atoms with van der Waals surface area (Å²) in [5.74, 6) is 0. The van der Waals surface area contributed by atoms with Gasteiger partial charge in [-0.2, -0.15) is 0 Å². The fourth-order valence-electron chi connectivity index (χ4n) is 3.14. The number of hydrogen-bond acceptors (Lipinski definition) is 4. The minimum absolute atomic E-state index is 0.345. The lowest BCUT2D eigenvalue weighted by atomic mass is 9.79. The molecule has 100 valence electrons. The van der Waals surface area contributed by atoms with E-state index in [1.807, 2.05) is 7.11 Å². The standard InChI is InChI=1S/C13H26N2O2/c1-15(12-3-8-17-9-12)10-13(11-16-2)4-6-14-7-5-13/h12,14H,3-11H2,1-2H3. The first-order valence-electron chi connectivity index (χ1n) is 6.73. The number of hydrogen-bond donors (Lipinski definition) is 1. The van der Waals surface area contributed by atoms with Crippen molar-refractivity contribution in [1.29, 1.82) is 0 Å². The average Bonchev–Trinajstić information content (AvgIpc) is 2.84. The van der Waals surface area contributed by atoms with E-state index in [-0.39, 0.29) is 0 Å². The van der Waals surface area contributed by atoms with Crippen molar-refractivity contribution in [3.05, 3.63) is 0 Å². The molecule has 2 fully saturated rings. The van der Waals surface area contributed by atoms with Crippen LogP contribution in [0.1, 0.15) is 19.3 Å². The second-order valence-corrected chi connectivity index (χ2v) is 5.62. The molecule has 2 saturated heterocycles. The molecule has 0 spiro atoms. The molecule has 4 nitrogen and oxygen atoms in total. The van der Waals surface area contributed by atoms with Gasteiger partial charge in [0.05, 0.1) is 13.2 Å². The summed E-state index contributed by atoms with van der Waals surface area (Å²) in [6, 6.07) is 0.610. The molecular formula is C13H26N2O2. The number of nitrogens with zero attached hydrogens (tertiary/aromatic N) is 1. The molecule has 1 atom stereocenters. The number of piperidine rings is 1. The molecule has 0 radical (unpaired) electrons. The highest BCUT2D eigenvalue weighted by Crippen LogP contribution is 2.31. The lowest BCUT2D eigenvalue weighted by Crippen LogP contribution is -2.48. The lowest BCUT2D eigenvalue weighted by molar-refractivity contribution is 0.0172. The Bertz CT molecular complexity index is 218. The van der Waals surface area contributed by atoms with Crippen molar-refractivity contribution in [3.8, 4) is 0 Å². The highest BCUT2D eigenvalue weighted by atomic mass is 16.5. The van der Waals surface area contributed by atoms with Gasteiger partial charge in [0.2, 0.25) is 0 Å². The summed E-state index contributed by atoms with van der Waals surface area (Å²) in [4.78, 5) is 2.48. The molecule has 17 heavy (non-hydrogen) atoms. The Balaban J connectivity index is 1.91. The summed E-state index contributed by atoms with van der Waals surface area (Å²) < 4.78 is 10.9. The first kappa shape index (κ1) is 13.3. The van der Waals surface area contributed by atoms with Crippen LogP contribution in [0.4, 0.5) is 0 Å². The zero-order valence-electron chi connectivity index (χ0n) is 11.2. The third-order valence-corrected chi connectivity index (χ3v) is 4.23. The molecule has 1 N–H and O–H groups in total. The van der Waals surface area contributed by atoms with Crippen LogP contribution >= 0.6 is 0 Å². The Hall–Kier alpha value is -0.160. The lowest BCUT2D eigenvalue weighted by Gasteiger charge is -2.41. The zero-order chi connectivity index (χ0) is 12.1. The Kier molecular flexibility index (Phi) is 4.79. The molecule has 0 amide bonds. The van der Waals surface area contributed by atoms with E-state index in [2.05, 4.69) is 17.3 Å². The third kappa shape index (κ3) is 3.41. The maximum absolute atomic E-state index is 5.48. The van der Waals surface area contributed by atoms with Gasteiger partial charge in [-0.15, -0.1) is 0 Å². The topological polar surface area (TPSA) is 33.7 Å². The Morgan fingerprint density at radius 1 is 1.41 bits per heavy atom.